The van der Waals surface area contributed by atoms with Crippen molar-refractivity contribution in [2.24, 2.45) is 11.1 Å². The van der Waals surface area contributed by atoms with Gasteiger partial charge in [0.05, 0.1) is 32.3 Å². The second-order valence-corrected chi connectivity index (χ2v) is 7.00. The zero-order chi connectivity index (χ0) is 17.9. The van der Waals surface area contributed by atoms with E-state index >= 15 is 0 Å². The molecule has 138 valence electrons. The fraction of sp³-hybridized carbons (Fsp3) is 0.632. The lowest BCUT2D eigenvalue weighted by Gasteiger charge is -2.56. The average molecular weight is 348 g/mol. The molecule has 1 saturated carbocycles. The monoisotopic (exact) mass is 348 g/mol. The number of likely N-dealkylation sites (tertiary alicyclic amines) is 1. The molecule has 0 bridgehead atoms. The smallest absolute Gasteiger partial charge is 0.227 e. The average Bonchev–Trinajstić information content (AvgIpc) is 2.65. The van der Waals surface area contributed by atoms with Gasteiger partial charge in [-0.05, 0) is 18.9 Å². The van der Waals surface area contributed by atoms with Gasteiger partial charge in [-0.15, -0.1) is 0 Å². The first-order chi connectivity index (χ1) is 12.1. The van der Waals surface area contributed by atoms with E-state index in [9.17, 15) is 9.90 Å². The van der Waals surface area contributed by atoms with Gasteiger partial charge in [0.25, 0.3) is 0 Å². The first-order valence-electron chi connectivity index (χ1n) is 9.00. The molecule has 1 aliphatic carbocycles. The molecule has 1 aliphatic heterocycles. The van der Waals surface area contributed by atoms with Crippen molar-refractivity contribution in [3.05, 3.63) is 29.8 Å². The summed E-state index contributed by atoms with van der Waals surface area (Å²) in [4.78, 5) is 14.5. The molecule has 1 amide bonds. The van der Waals surface area contributed by atoms with Crippen molar-refractivity contribution in [2.75, 3.05) is 33.4 Å². The summed E-state index contributed by atoms with van der Waals surface area (Å²) in [5.74, 6) is 0.849. The van der Waals surface area contributed by atoms with E-state index < -0.39 is 0 Å². The van der Waals surface area contributed by atoms with Gasteiger partial charge in [0.15, 0.2) is 0 Å². The van der Waals surface area contributed by atoms with Gasteiger partial charge >= 0.3 is 0 Å². The molecule has 6 heteroatoms. The lowest BCUT2D eigenvalue weighted by Crippen LogP contribution is -2.63. The Balaban J connectivity index is 1.57. The number of para-hydroxylation sites is 1. The van der Waals surface area contributed by atoms with Crippen LogP contribution in [0.3, 0.4) is 0 Å². The number of methoxy groups -OCH3 is 1. The number of carbonyl (C=O) groups is 1. The maximum absolute atomic E-state index is 12.6. The summed E-state index contributed by atoms with van der Waals surface area (Å²) in [6, 6.07) is 7.61. The van der Waals surface area contributed by atoms with Crippen LogP contribution in [0, 0.1) is 5.41 Å². The summed E-state index contributed by atoms with van der Waals surface area (Å²) in [5, 5.41) is 10.3. The number of hydrogen-bond donors (Lipinski definition) is 2. The van der Waals surface area contributed by atoms with Crippen molar-refractivity contribution < 1.29 is 19.4 Å². The molecule has 0 radical (unpaired) electrons. The number of piperidine rings is 1. The molecule has 1 spiro atoms. The molecule has 0 unspecified atom stereocenters. The molecule has 1 aromatic rings. The molecule has 6 nitrogen and oxygen atoms in total. The van der Waals surface area contributed by atoms with E-state index in [0.29, 0.717) is 39.1 Å². The molecule has 2 aliphatic rings. The Morgan fingerprint density at radius 1 is 1.36 bits per heavy atom. The van der Waals surface area contributed by atoms with Gasteiger partial charge in [-0.1, -0.05) is 18.2 Å². The van der Waals surface area contributed by atoms with E-state index in [1.807, 2.05) is 29.2 Å². The standard InChI is InChI=1S/C19H28N2O4/c1-24-15-5-3-2-4-14(15)12-18(23)21-9-6-19(7-10-21)16(22)13-17(19)25-11-8-20/h2-5,16-17,22H,6-13,20H2,1H3/t16-,17+/m0/s1. The zero-order valence-corrected chi connectivity index (χ0v) is 14.8. The number of aliphatic hydroxyl groups excluding tert-OH is 1. The third kappa shape index (κ3) is 3.52. The molecular formula is C19H28N2O4. The van der Waals surface area contributed by atoms with Crippen molar-refractivity contribution in [2.45, 2.75) is 37.9 Å². The number of ether oxygens (including phenoxy) is 2. The van der Waals surface area contributed by atoms with Gasteiger partial charge in [0.2, 0.25) is 5.91 Å². The highest BCUT2D eigenvalue weighted by molar-refractivity contribution is 5.79. The molecule has 2 atom stereocenters. The molecular weight excluding hydrogens is 320 g/mol. The number of benzene rings is 1. The lowest BCUT2D eigenvalue weighted by atomic mass is 9.58. The Hall–Kier alpha value is -1.63. The molecule has 25 heavy (non-hydrogen) atoms. The van der Waals surface area contributed by atoms with Gasteiger partial charge in [-0.3, -0.25) is 4.79 Å². The van der Waals surface area contributed by atoms with E-state index in [2.05, 4.69) is 0 Å². The van der Waals surface area contributed by atoms with Crippen LogP contribution in [-0.2, 0) is 16.0 Å². The molecule has 1 aromatic carbocycles. The predicted molar refractivity (Wildman–Crippen MR) is 94.4 cm³/mol. The highest BCUT2D eigenvalue weighted by Crippen LogP contribution is 2.50. The number of rotatable bonds is 6. The molecule has 1 heterocycles. The lowest BCUT2D eigenvalue weighted by molar-refractivity contribution is -0.210. The summed E-state index contributed by atoms with van der Waals surface area (Å²) < 4.78 is 11.1. The molecule has 2 fully saturated rings. The van der Waals surface area contributed by atoms with Crippen molar-refractivity contribution in [3.8, 4) is 5.75 Å². The highest BCUT2D eigenvalue weighted by Gasteiger charge is 2.56. The van der Waals surface area contributed by atoms with Crippen LogP contribution in [0.4, 0.5) is 0 Å². The number of nitrogens with zero attached hydrogens (tertiary/aromatic N) is 1. The van der Waals surface area contributed by atoms with Gasteiger partial charge in [0.1, 0.15) is 5.75 Å². The van der Waals surface area contributed by atoms with Crippen LogP contribution < -0.4 is 10.5 Å². The number of aliphatic hydroxyl groups is 1. The Morgan fingerprint density at radius 2 is 2.08 bits per heavy atom. The number of carbonyl (C=O) groups excluding carboxylic acids is 1. The summed E-state index contributed by atoms with van der Waals surface area (Å²) in [6.45, 7) is 2.34. The van der Waals surface area contributed by atoms with Crippen molar-refractivity contribution >= 4 is 5.91 Å². The zero-order valence-electron chi connectivity index (χ0n) is 14.8. The molecule has 0 aromatic heterocycles. The Labute approximate surface area is 148 Å². The largest absolute Gasteiger partial charge is 0.496 e. The summed E-state index contributed by atoms with van der Waals surface area (Å²) in [5.41, 5.74) is 6.22. The third-order valence-electron chi connectivity index (χ3n) is 5.76. The minimum absolute atomic E-state index is 0.0671. The second kappa shape index (κ2) is 7.72. The normalized spacial score (nSPS) is 24.8. The Bertz CT molecular complexity index is 599. The fourth-order valence-electron chi connectivity index (χ4n) is 4.12. The topological polar surface area (TPSA) is 85.0 Å². The van der Waals surface area contributed by atoms with Crippen LogP contribution in [0.5, 0.6) is 5.75 Å². The Kier molecular flexibility index (Phi) is 5.61. The predicted octanol–water partition coefficient (Wildman–Crippen LogP) is 0.955. The molecule has 3 rings (SSSR count). The summed E-state index contributed by atoms with van der Waals surface area (Å²) in [7, 11) is 1.62. The fourth-order valence-corrected chi connectivity index (χ4v) is 4.12. The number of nitrogens with two attached hydrogens (primary N) is 1. The highest BCUT2D eigenvalue weighted by atomic mass is 16.5. The Morgan fingerprint density at radius 3 is 2.72 bits per heavy atom. The summed E-state index contributed by atoms with van der Waals surface area (Å²) >= 11 is 0. The van der Waals surface area contributed by atoms with Crippen LogP contribution in [0.25, 0.3) is 0 Å². The van der Waals surface area contributed by atoms with E-state index in [1.54, 1.807) is 7.11 Å². The van der Waals surface area contributed by atoms with Gasteiger partial charge in [-0.2, -0.15) is 0 Å². The first-order valence-corrected chi connectivity index (χ1v) is 9.00. The quantitative estimate of drug-likeness (QED) is 0.800. The van der Waals surface area contributed by atoms with Crippen LogP contribution in [0.2, 0.25) is 0 Å². The van der Waals surface area contributed by atoms with Gasteiger partial charge in [-0.25, -0.2) is 0 Å². The number of amides is 1. The summed E-state index contributed by atoms with van der Waals surface area (Å²) in [6.07, 6.45) is 2.31. The van der Waals surface area contributed by atoms with E-state index in [-0.39, 0.29) is 23.5 Å². The van der Waals surface area contributed by atoms with Crippen LogP contribution in [0.1, 0.15) is 24.8 Å². The van der Waals surface area contributed by atoms with Crippen molar-refractivity contribution in [3.63, 3.8) is 0 Å². The van der Waals surface area contributed by atoms with Crippen molar-refractivity contribution in [1.82, 2.24) is 4.90 Å². The maximum Gasteiger partial charge on any atom is 0.227 e. The third-order valence-corrected chi connectivity index (χ3v) is 5.76. The minimum atomic E-state index is -0.332. The first kappa shape index (κ1) is 18.2. The van der Waals surface area contributed by atoms with E-state index in [4.69, 9.17) is 15.2 Å². The minimum Gasteiger partial charge on any atom is -0.496 e. The molecule has 1 saturated heterocycles. The van der Waals surface area contributed by atoms with E-state index in [0.717, 1.165) is 24.2 Å². The van der Waals surface area contributed by atoms with E-state index in [1.165, 1.54) is 0 Å². The van der Waals surface area contributed by atoms with Crippen LogP contribution in [0.15, 0.2) is 24.3 Å². The second-order valence-electron chi connectivity index (χ2n) is 7.00. The van der Waals surface area contributed by atoms with Crippen molar-refractivity contribution in [1.29, 1.82) is 0 Å². The van der Waals surface area contributed by atoms with Gasteiger partial charge < -0.3 is 25.2 Å². The maximum atomic E-state index is 12.6. The SMILES string of the molecule is COc1ccccc1CC(=O)N1CCC2(CC1)[C@@H](O)C[C@H]2OCCN. The molecule has 3 N–H and O–H groups in total. The van der Waals surface area contributed by atoms with Gasteiger partial charge in [0, 0.05) is 37.0 Å². The van der Waals surface area contributed by atoms with Crippen LogP contribution >= 0.6 is 0 Å². The number of hydrogen-bond acceptors (Lipinski definition) is 5. The van der Waals surface area contributed by atoms with Crippen LogP contribution in [-0.4, -0.2) is 61.5 Å².